The van der Waals surface area contributed by atoms with Gasteiger partial charge in [-0.2, -0.15) is 0 Å². The fraction of sp³-hybridized carbons (Fsp3) is 0.300. The summed E-state index contributed by atoms with van der Waals surface area (Å²) < 4.78 is 0. The van der Waals surface area contributed by atoms with E-state index in [1.807, 2.05) is 0 Å². The van der Waals surface area contributed by atoms with Crippen LogP contribution in [0.3, 0.4) is 0 Å². The first-order valence-electron chi connectivity index (χ1n) is 3.82. The van der Waals surface area contributed by atoms with E-state index >= 15 is 0 Å². The molecule has 0 heteroatoms. The Hall–Kier alpha value is -0.780. The van der Waals surface area contributed by atoms with Crippen LogP contribution in [0, 0.1) is 23.7 Å². The normalized spacial score (nSPS) is 52.8. The molecule has 0 saturated heterocycles. The Morgan fingerprint density at radius 3 is 2.50 bits per heavy atom. The Labute approximate surface area is 60.9 Å². The number of hydrogen-bond acceptors (Lipinski definition) is 0. The fourth-order valence-electron chi connectivity index (χ4n) is 2.31. The summed E-state index contributed by atoms with van der Waals surface area (Å²) in [7, 11) is 0. The van der Waals surface area contributed by atoms with Crippen LogP contribution in [0.5, 0.6) is 0 Å². The third kappa shape index (κ3) is 0.351. The largest absolute Gasteiger partial charge is 0.0836 e. The first-order valence-corrected chi connectivity index (χ1v) is 3.82. The molecule has 0 aliphatic heterocycles. The lowest BCUT2D eigenvalue weighted by atomic mass is 9.97. The highest BCUT2D eigenvalue weighted by Crippen LogP contribution is 2.67. The topological polar surface area (TPSA) is 0 Å². The molecule has 0 bridgehead atoms. The lowest BCUT2D eigenvalue weighted by Crippen LogP contribution is -1.98. The van der Waals surface area contributed by atoms with Crippen LogP contribution in [0.25, 0.3) is 0 Å². The smallest absolute Gasteiger partial charge is 0.00909 e. The van der Waals surface area contributed by atoms with Crippen molar-refractivity contribution in [1.29, 1.82) is 0 Å². The molecule has 0 nitrogen and oxygen atoms in total. The van der Waals surface area contributed by atoms with Crippen LogP contribution in [0.2, 0.25) is 0 Å². The highest BCUT2D eigenvalue weighted by Gasteiger charge is 2.62. The Morgan fingerprint density at radius 1 is 0.900 bits per heavy atom. The molecule has 3 aliphatic carbocycles. The number of rotatable bonds is 0. The molecule has 0 aromatic rings. The van der Waals surface area contributed by atoms with E-state index in [4.69, 9.17) is 0 Å². The van der Waals surface area contributed by atoms with Crippen molar-refractivity contribution in [2.75, 3.05) is 0 Å². The maximum absolute atomic E-state index is 2.34. The maximum Gasteiger partial charge on any atom is 0.00909 e. The molecule has 0 heterocycles. The van der Waals surface area contributed by atoms with Gasteiger partial charge in [0.1, 0.15) is 0 Å². The van der Waals surface area contributed by atoms with Crippen LogP contribution >= 0.6 is 0 Å². The molecule has 3 rings (SSSR count). The van der Waals surface area contributed by atoms with Crippen LogP contribution < -0.4 is 0 Å². The average Bonchev–Trinajstić information content (AvgIpc) is 2.44. The van der Waals surface area contributed by atoms with E-state index in [1.54, 1.807) is 0 Å². The third-order valence-corrected chi connectivity index (χ3v) is 2.95. The summed E-state index contributed by atoms with van der Waals surface area (Å²) in [5.41, 5.74) is 0.453. The monoisotopic (exact) mass is 129 g/mol. The molecule has 0 N–H and O–H groups in total. The van der Waals surface area contributed by atoms with Crippen molar-refractivity contribution in [2.24, 2.45) is 17.3 Å². The minimum Gasteiger partial charge on any atom is -0.0836 e. The average molecular weight is 129 g/mol. The molecule has 3 atom stereocenters. The molecule has 3 unspecified atom stereocenters. The quantitative estimate of drug-likeness (QED) is 0.470. The van der Waals surface area contributed by atoms with Crippen LogP contribution in [0.4, 0.5) is 0 Å². The summed E-state index contributed by atoms with van der Waals surface area (Å²) in [5.74, 6) is 1.62. The summed E-state index contributed by atoms with van der Waals surface area (Å²) in [6, 6.07) is 0. The van der Waals surface area contributed by atoms with Crippen molar-refractivity contribution in [1.82, 2.24) is 0 Å². The lowest BCUT2D eigenvalue weighted by Gasteiger charge is -2.07. The van der Waals surface area contributed by atoms with Crippen molar-refractivity contribution in [3.05, 3.63) is 42.9 Å². The zero-order valence-electron chi connectivity index (χ0n) is 5.70. The Balaban J connectivity index is 2.10. The summed E-state index contributed by atoms with van der Waals surface area (Å²) in [6.45, 7) is 0. The van der Waals surface area contributed by atoms with Gasteiger partial charge in [0.15, 0.2) is 0 Å². The molecule has 0 aromatic carbocycles. The second kappa shape index (κ2) is 1.29. The Bertz CT molecular complexity index is 251. The highest BCUT2D eigenvalue weighted by molar-refractivity contribution is 5.46. The fourth-order valence-corrected chi connectivity index (χ4v) is 2.31. The van der Waals surface area contributed by atoms with Crippen molar-refractivity contribution >= 4 is 0 Å². The van der Waals surface area contributed by atoms with Gasteiger partial charge in [-0.1, -0.05) is 36.5 Å². The van der Waals surface area contributed by atoms with Crippen LogP contribution in [0.1, 0.15) is 0 Å². The molecule has 49 valence electrons. The van der Waals surface area contributed by atoms with Crippen molar-refractivity contribution in [3.63, 3.8) is 0 Å². The van der Waals surface area contributed by atoms with Crippen molar-refractivity contribution < 1.29 is 0 Å². The van der Waals surface area contributed by atoms with E-state index in [1.165, 1.54) is 0 Å². The molecule has 1 radical (unpaired) electrons. The summed E-state index contributed by atoms with van der Waals surface area (Å²) in [5, 5.41) is 0. The van der Waals surface area contributed by atoms with Crippen LogP contribution in [-0.2, 0) is 0 Å². The molecule has 0 amide bonds. The summed E-state index contributed by atoms with van der Waals surface area (Å²) in [4.78, 5) is 0. The lowest BCUT2D eigenvalue weighted by molar-refractivity contribution is 0.734. The molecule has 10 heavy (non-hydrogen) atoms. The van der Waals surface area contributed by atoms with Crippen molar-refractivity contribution in [2.45, 2.75) is 0 Å². The second-order valence-electron chi connectivity index (χ2n) is 3.35. The Kier molecular flexibility index (Phi) is 0.639. The van der Waals surface area contributed by atoms with Gasteiger partial charge in [0, 0.05) is 5.41 Å². The van der Waals surface area contributed by atoms with Gasteiger partial charge in [-0.3, -0.25) is 0 Å². The highest BCUT2D eigenvalue weighted by atomic mass is 14.6. The predicted molar refractivity (Wildman–Crippen MR) is 41.1 cm³/mol. The van der Waals surface area contributed by atoms with E-state index in [-0.39, 0.29) is 0 Å². The second-order valence-corrected chi connectivity index (χ2v) is 3.35. The summed E-state index contributed by atoms with van der Waals surface area (Å²) in [6.07, 6.45) is 15.8. The van der Waals surface area contributed by atoms with Gasteiger partial charge in [0.2, 0.25) is 0 Å². The molecule has 1 fully saturated rings. The molecular weight excluding hydrogens is 120 g/mol. The number of hydrogen-bond donors (Lipinski definition) is 0. The zero-order chi connectivity index (χ0) is 6.60. The standard InChI is InChI=1S/C10H9/c1-2-6-10-7-3-5-9(10)8(10)4-1/h1-9H. The van der Waals surface area contributed by atoms with E-state index in [9.17, 15) is 0 Å². The molecule has 3 aliphatic rings. The van der Waals surface area contributed by atoms with Gasteiger partial charge >= 0.3 is 0 Å². The van der Waals surface area contributed by atoms with E-state index in [0.29, 0.717) is 5.41 Å². The van der Waals surface area contributed by atoms with E-state index in [0.717, 1.165) is 11.8 Å². The van der Waals surface area contributed by atoms with Gasteiger partial charge in [0.25, 0.3) is 0 Å². The van der Waals surface area contributed by atoms with E-state index in [2.05, 4.69) is 42.9 Å². The number of fused-ring (bicyclic) bond motifs is 1. The molecular formula is C10H9. The maximum atomic E-state index is 2.34. The summed E-state index contributed by atoms with van der Waals surface area (Å²) >= 11 is 0. The van der Waals surface area contributed by atoms with E-state index < -0.39 is 0 Å². The van der Waals surface area contributed by atoms with Gasteiger partial charge in [-0.25, -0.2) is 0 Å². The molecule has 1 spiro atoms. The van der Waals surface area contributed by atoms with Crippen LogP contribution in [0.15, 0.2) is 36.5 Å². The SMILES string of the molecule is [CH]1C=CC2C3C=CC=CC123. The van der Waals surface area contributed by atoms with Crippen LogP contribution in [-0.4, -0.2) is 0 Å². The van der Waals surface area contributed by atoms with Gasteiger partial charge in [-0.05, 0) is 18.3 Å². The minimum atomic E-state index is 0.453. The Morgan fingerprint density at radius 2 is 1.70 bits per heavy atom. The predicted octanol–water partition coefficient (Wildman–Crippen LogP) is 2.12. The van der Waals surface area contributed by atoms with Gasteiger partial charge < -0.3 is 0 Å². The molecule has 1 saturated carbocycles. The molecule has 0 aromatic heterocycles. The first kappa shape index (κ1) is 4.95. The number of allylic oxidation sites excluding steroid dienone is 6. The van der Waals surface area contributed by atoms with Gasteiger partial charge in [-0.15, -0.1) is 0 Å². The first-order chi connectivity index (χ1) is 4.93. The van der Waals surface area contributed by atoms with Gasteiger partial charge in [0.05, 0.1) is 0 Å². The van der Waals surface area contributed by atoms with Crippen molar-refractivity contribution in [3.8, 4) is 0 Å². The zero-order valence-corrected chi connectivity index (χ0v) is 5.70. The minimum absolute atomic E-state index is 0.453. The third-order valence-electron chi connectivity index (χ3n) is 2.95.